The molecule has 2 aliphatic heterocycles. The molecular formula is C23H18N2O3. The summed E-state index contributed by atoms with van der Waals surface area (Å²) in [6.45, 7) is 0. The molecule has 0 aromatic heterocycles. The van der Waals surface area contributed by atoms with Crippen LogP contribution in [0.2, 0.25) is 0 Å². The molecule has 0 saturated carbocycles. The Bertz CT molecular complexity index is 1080. The minimum absolute atomic E-state index is 0.204. The highest BCUT2D eigenvalue weighted by atomic mass is 16.7. The lowest BCUT2D eigenvalue weighted by atomic mass is 9.74. The van der Waals surface area contributed by atoms with E-state index < -0.39 is 5.60 Å². The number of anilines is 1. The number of para-hydroxylation sites is 1. The van der Waals surface area contributed by atoms with Crippen molar-refractivity contribution in [2.45, 2.75) is 11.5 Å². The van der Waals surface area contributed by atoms with Crippen LogP contribution in [0.3, 0.4) is 0 Å². The van der Waals surface area contributed by atoms with Crippen LogP contribution in [0.1, 0.15) is 22.6 Å². The Labute approximate surface area is 162 Å². The number of ether oxygens (including phenoxy) is 1. The SMILES string of the molecule is COc1ccc([C@@H]2C(c3ccccc3)=NO[C@]23C(=O)Nc2ccccc23)cc1. The smallest absolute Gasteiger partial charge is 0.277 e. The van der Waals surface area contributed by atoms with Gasteiger partial charge < -0.3 is 14.9 Å². The standard InChI is InChI=1S/C23H18N2O3/c1-27-17-13-11-15(12-14-17)20-21(16-7-3-2-4-8-16)25-28-23(20)18-9-5-6-10-19(18)24-22(23)26/h2-14,20H,1H3,(H,24,26)/t20-,23+/m1/s1. The van der Waals surface area contributed by atoms with Crippen molar-refractivity contribution >= 4 is 17.3 Å². The van der Waals surface area contributed by atoms with Crippen LogP contribution < -0.4 is 10.1 Å². The fourth-order valence-corrected chi connectivity index (χ4v) is 4.07. The van der Waals surface area contributed by atoms with Gasteiger partial charge in [0, 0.05) is 16.8 Å². The van der Waals surface area contributed by atoms with Crippen molar-refractivity contribution in [1.82, 2.24) is 0 Å². The summed E-state index contributed by atoms with van der Waals surface area (Å²) in [5, 5.41) is 7.38. The van der Waals surface area contributed by atoms with Crippen molar-refractivity contribution in [2.24, 2.45) is 5.16 Å². The number of benzene rings is 3. The number of hydrogen-bond donors (Lipinski definition) is 1. The van der Waals surface area contributed by atoms with E-state index in [-0.39, 0.29) is 11.8 Å². The molecule has 0 fully saturated rings. The number of rotatable bonds is 3. The molecule has 5 nitrogen and oxygen atoms in total. The van der Waals surface area contributed by atoms with E-state index in [1.54, 1.807) is 7.11 Å². The lowest BCUT2D eigenvalue weighted by molar-refractivity contribution is -0.139. The number of carbonyl (C=O) groups excluding carboxylic acids is 1. The van der Waals surface area contributed by atoms with E-state index in [9.17, 15) is 4.79 Å². The first-order valence-corrected chi connectivity index (χ1v) is 9.10. The van der Waals surface area contributed by atoms with Gasteiger partial charge in [0.15, 0.2) is 0 Å². The Morgan fingerprint density at radius 1 is 0.964 bits per heavy atom. The minimum atomic E-state index is -1.23. The molecule has 2 heterocycles. The van der Waals surface area contributed by atoms with Crippen molar-refractivity contribution in [3.8, 4) is 5.75 Å². The zero-order valence-electron chi connectivity index (χ0n) is 15.3. The highest BCUT2D eigenvalue weighted by Crippen LogP contribution is 2.52. The summed E-state index contributed by atoms with van der Waals surface area (Å²) in [4.78, 5) is 19.2. The van der Waals surface area contributed by atoms with E-state index in [2.05, 4.69) is 10.5 Å². The van der Waals surface area contributed by atoms with Gasteiger partial charge >= 0.3 is 0 Å². The van der Waals surface area contributed by atoms with Gasteiger partial charge in [0.2, 0.25) is 0 Å². The Morgan fingerprint density at radius 2 is 1.68 bits per heavy atom. The van der Waals surface area contributed by atoms with Gasteiger partial charge in [-0.25, -0.2) is 0 Å². The molecule has 1 spiro atoms. The van der Waals surface area contributed by atoms with E-state index in [0.717, 1.165) is 33.8 Å². The lowest BCUT2D eigenvalue weighted by Crippen LogP contribution is -2.41. The molecular weight excluding hydrogens is 352 g/mol. The average Bonchev–Trinajstić information content (AvgIpc) is 3.28. The maximum Gasteiger partial charge on any atom is 0.277 e. The maximum absolute atomic E-state index is 13.2. The van der Waals surface area contributed by atoms with E-state index in [1.165, 1.54) is 0 Å². The summed E-state index contributed by atoms with van der Waals surface area (Å²) >= 11 is 0. The molecule has 0 saturated heterocycles. The molecule has 28 heavy (non-hydrogen) atoms. The molecule has 5 rings (SSSR count). The Kier molecular flexibility index (Phi) is 3.69. The van der Waals surface area contributed by atoms with E-state index >= 15 is 0 Å². The fourth-order valence-electron chi connectivity index (χ4n) is 4.07. The summed E-state index contributed by atoms with van der Waals surface area (Å²) in [6.07, 6.45) is 0. The fraction of sp³-hybridized carbons (Fsp3) is 0.130. The molecule has 2 atom stereocenters. The minimum Gasteiger partial charge on any atom is -0.497 e. The number of amides is 1. The third-order valence-corrected chi connectivity index (χ3v) is 5.40. The van der Waals surface area contributed by atoms with Crippen LogP contribution in [0.15, 0.2) is 84.0 Å². The average molecular weight is 370 g/mol. The van der Waals surface area contributed by atoms with Gasteiger partial charge in [0.25, 0.3) is 11.5 Å². The molecule has 5 heteroatoms. The number of oxime groups is 1. The normalized spacial score (nSPS) is 22.4. The first-order valence-electron chi connectivity index (χ1n) is 9.10. The van der Waals surface area contributed by atoms with Crippen LogP contribution in [0.25, 0.3) is 0 Å². The summed E-state index contributed by atoms with van der Waals surface area (Å²) < 4.78 is 5.30. The summed E-state index contributed by atoms with van der Waals surface area (Å²) in [7, 11) is 1.63. The van der Waals surface area contributed by atoms with Gasteiger partial charge in [-0.1, -0.05) is 65.8 Å². The number of methoxy groups -OCH3 is 1. The Hall–Kier alpha value is -3.60. The van der Waals surface area contributed by atoms with Gasteiger partial charge in [-0.2, -0.15) is 0 Å². The number of carbonyl (C=O) groups is 1. The molecule has 1 amide bonds. The van der Waals surface area contributed by atoms with Gasteiger partial charge in [0.1, 0.15) is 5.75 Å². The second-order valence-corrected chi connectivity index (χ2v) is 6.88. The Balaban J connectivity index is 1.71. The Morgan fingerprint density at radius 3 is 2.43 bits per heavy atom. The summed E-state index contributed by atoms with van der Waals surface area (Å²) in [5.74, 6) is 0.167. The monoisotopic (exact) mass is 370 g/mol. The molecule has 0 unspecified atom stereocenters. The largest absolute Gasteiger partial charge is 0.497 e. The van der Waals surface area contributed by atoms with Crippen molar-refractivity contribution in [1.29, 1.82) is 0 Å². The molecule has 2 aliphatic rings. The number of hydrogen-bond acceptors (Lipinski definition) is 4. The highest BCUT2D eigenvalue weighted by molar-refractivity contribution is 6.15. The second-order valence-electron chi connectivity index (χ2n) is 6.88. The van der Waals surface area contributed by atoms with Crippen molar-refractivity contribution < 1.29 is 14.4 Å². The van der Waals surface area contributed by atoms with E-state index in [0.29, 0.717) is 0 Å². The van der Waals surface area contributed by atoms with Crippen molar-refractivity contribution in [2.75, 3.05) is 12.4 Å². The molecule has 138 valence electrons. The zero-order chi connectivity index (χ0) is 19.1. The van der Waals surface area contributed by atoms with Crippen LogP contribution in [0.5, 0.6) is 5.75 Å². The molecule has 3 aromatic carbocycles. The number of nitrogens with zero attached hydrogens (tertiary/aromatic N) is 1. The predicted molar refractivity (Wildman–Crippen MR) is 107 cm³/mol. The highest BCUT2D eigenvalue weighted by Gasteiger charge is 2.61. The predicted octanol–water partition coefficient (Wildman–Crippen LogP) is 4.06. The summed E-state index contributed by atoms with van der Waals surface area (Å²) in [6, 6.07) is 25.2. The van der Waals surface area contributed by atoms with Crippen LogP contribution >= 0.6 is 0 Å². The zero-order valence-corrected chi connectivity index (χ0v) is 15.3. The van der Waals surface area contributed by atoms with Crippen LogP contribution in [0.4, 0.5) is 5.69 Å². The van der Waals surface area contributed by atoms with Crippen LogP contribution in [0, 0.1) is 0 Å². The molecule has 0 radical (unpaired) electrons. The topological polar surface area (TPSA) is 59.9 Å². The molecule has 1 N–H and O–H groups in total. The van der Waals surface area contributed by atoms with Gasteiger partial charge in [-0.15, -0.1) is 0 Å². The van der Waals surface area contributed by atoms with Crippen LogP contribution in [-0.2, 0) is 15.2 Å². The van der Waals surface area contributed by atoms with Gasteiger partial charge in [-0.05, 0) is 23.8 Å². The van der Waals surface area contributed by atoms with Gasteiger partial charge in [0.05, 0.1) is 18.7 Å². The first kappa shape index (κ1) is 16.6. The van der Waals surface area contributed by atoms with E-state index in [1.807, 2.05) is 78.9 Å². The lowest BCUT2D eigenvalue weighted by Gasteiger charge is -2.28. The second kappa shape index (κ2) is 6.23. The third-order valence-electron chi connectivity index (χ3n) is 5.40. The molecule has 3 aromatic rings. The molecule has 0 bridgehead atoms. The summed E-state index contributed by atoms with van der Waals surface area (Å²) in [5.41, 5.74) is 2.94. The first-order chi connectivity index (χ1) is 13.7. The van der Waals surface area contributed by atoms with Crippen molar-refractivity contribution in [3.63, 3.8) is 0 Å². The van der Waals surface area contributed by atoms with Crippen LogP contribution in [-0.4, -0.2) is 18.7 Å². The third kappa shape index (κ3) is 2.26. The van der Waals surface area contributed by atoms with Crippen molar-refractivity contribution in [3.05, 3.63) is 95.6 Å². The quantitative estimate of drug-likeness (QED) is 0.756. The van der Waals surface area contributed by atoms with Gasteiger partial charge in [-0.3, -0.25) is 4.79 Å². The maximum atomic E-state index is 13.2. The number of nitrogens with one attached hydrogen (secondary N) is 1. The molecule has 0 aliphatic carbocycles. The number of fused-ring (bicyclic) bond motifs is 2. The van der Waals surface area contributed by atoms with E-state index in [4.69, 9.17) is 9.57 Å².